The number of nitrogens with zero attached hydrogens (tertiary/aromatic N) is 5. The summed E-state index contributed by atoms with van der Waals surface area (Å²) in [5.41, 5.74) is 2.88. The molecule has 2 aliphatic heterocycles. The quantitative estimate of drug-likeness (QED) is 0.587. The fourth-order valence-corrected chi connectivity index (χ4v) is 5.79. The highest BCUT2D eigenvalue weighted by Crippen LogP contribution is 2.60. The molecule has 1 saturated carbocycles. The molecule has 7 nitrogen and oxygen atoms in total. The zero-order valence-electron chi connectivity index (χ0n) is 19.9. The van der Waals surface area contributed by atoms with Gasteiger partial charge in [0.15, 0.2) is 0 Å². The minimum Gasteiger partial charge on any atom is -0.368 e. The first-order chi connectivity index (χ1) is 17.1. The van der Waals surface area contributed by atoms with Crippen LogP contribution in [0.3, 0.4) is 0 Å². The molecule has 1 atom stereocenters. The van der Waals surface area contributed by atoms with Gasteiger partial charge in [-0.3, -0.25) is 9.59 Å². The van der Waals surface area contributed by atoms with Crippen molar-refractivity contribution in [3.8, 4) is 5.69 Å². The van der Waals surface area contributed by atoms with Gasteiger partial charge in [0, 0.05) is 57.1 Å². The van der Waals surface area contributed by atoms with Gasteiger partial charge in [0.05, 0.1) is 17.4 Å². The third-order valence-electron chi connectivity index (χ3n) is 8.10. The molecule has 3 aliphatic rings. The van der Waals surface area contributed by atoms with E-state index in [1.165, 1.54) is 5.69 Å². The lowest BCUT2D eigenvalue weighted by Gasteiger charge is -2.37. The van der Waals surface area contributed by atoms with E-state index in [1.807, 2.05) is 41.3 Å². The van der Waals surface area contributed by atoms with Crippen LogP contribution in [0.5, 0.6) is 0 Å². The van der Waals surface area contributed by atoms with Crippen LogP contribution in [0.15, 0.2) is 73.1 Å². The molecule has 180 valence electrons. The van der Waals surface area contributed by atoms with Gasteiger partial charge in [0.1, 0.15) is 0 Å². The van der Waals surface area contributed by atoms with Crippen LogP contribution >= 0.6 is 0 Å². The Labute approximate surface area is 205 Å². The number of hydrogen-bond acceptors (Lipinski definition) is 4. The normalized spacial score (nSPS) is 21.3. The predicted molar refractivity (Wildman–Crippen MR) is 134 cm³/mol. The molecule has 0 unspecified atom stereocenters. The van der Waals surface area contributed by atoms with Gasteiger partial charge in [-0.25, -0.2) is 4.68 Å². The topological polar surface area (TPSA) is 61.7 Å². The molecule has 7 heteroatoms. The monoisotopic (exact) mass is 469 g/mol. The maximum atomic E-state index is 13.3. The van der Waals surface area contributed by atoms with Crippen molar-refractivity contribution in [1.29, 1.82) is 0 Å². The zero-order valence-corrected chi connectivity index (χ0v) is 19.9. The molecule has 3 aromatic rings. The summed E-state index contributed by atoms with van der Waals surface area (Å²) in [5.74, 6) is 0.480. The van der Waals surface area contributed by atoms with Gasteiger partial charge in [-0.1, -0.05) is 36.4 Å². The first kappa shape index (κ1) is 21.9. The van der Waals surface area contributed by atoms with Crippen molar-refractivity contribution >= 4 is 17.5 Å². The number of piperazine rings is 1. The highest BCUT2D eigenvalue weighted by Gasteiger charge is 2.59. The smallest absolute Gasteiger partial charge is 0.257 e. The van der Waals surface area contributed by atoms with Gasteiger partial charge in [0.25, 0.3) is 5.91 Å². The van der Waals surface area contributed by atoms with E-state index in [0.29, 0.717) is 24.6 Å². The number of amides is 2. The highest BCUT2D eigenvalue weighted by molar-refractivity contribution is 5.94. The van der Waals surface area contributed by atoms with Gasteiger partial charge in [-0.2, -0.15) is 5.10 Å². The van der Waals surface area contributed by atoms with E-state index in [-0.39, 0.29) is 17.2 Å². The van der Waals surface area contributed by atoms with Gasteiger partial charge in [-0.05, 0) is 48.9 Å². The molecule has 2 aromatic carbocycles. The Bertz CT molecular complexity index is 1190. The summed E-state index contributed by atoms with van der Waals surface area (Å²) in [5, 5.41) is 4.37. The molecule has 0 N–H and O–H groups in total. The summed E-state index contributed by atoms with van der Waals surface area (Å²) in [4.78, 5) is 32.7. The standard InChI is InChI=1S/C28H31N5O2/c34-26(22-20-29-33(21-22)24-9-5-2-6-10-24)31-13-11-28(12-14-31)19-25(28)27(35)32-17-15-30(16-18-32)23-7-3-1-4-8-23/h1-10,20-21,25H,11-19H2/t25-/m1/s1. The van der Waals surface area contributed by atoms with Crippen LogP contribution in [-0.4, -0.2) is 70.7 Å². The van der Waals surface area contributed by atoms with Crippen LogP contribution in [0, 0.1) is 11.3 Å². The number of carbonyl (C=O) groups excluding carboxylic acids is 2. The van der Waals surface area contributed by atoms with Crippen molar-refractivity contribution in [1.82, 2.24) is 19.6 Å². The zero-order chi connectivity index (χ0) is 23.8. The van der Waals surface area contributed by atoms with Crippen LogP contribution < -0.4 is 4.90 Å². The number of benzene rings is 2. The Balaban J connectivity index is 1.02. The number of piperidine rings is 1. The molecule has 35 heavy (non-hydrogen) atoms. The molecule has 1 spiro atoms. The highest BCUT2D eigenvalue weighted by atomic mass is 16.2. The van der Waals surface area contributed by atoms with Crippen LogP contribution in [0.1, 0.15) is 29.6 Å². The molecule has 0 radical (unpaired) electrons. The van der Waals surface area contributed by atoms with Crippen molar-refractivity contribution < 1.29 is 9.59 Å². The number of rotatable bonds is 4. The van der Waals surface area contributed by atoms with E-state index >= 15 is 0 Å². The molecule has 3 heterocycles. The van der Waals surface area contributed by atoms with E-state index < -0.39 is 0 Å². The lowest BCUT2D eigenvalue weighted by molar-refractivity contribution is -0.134. The lowest BCUT2D eigenvalue weighted by Crippen LogP contribution is -2.50. The first-order valence-electron chi connectivity index (χ1n) is 12.6. The van der Waals surface area contributed by atoms with Gasteiger partial charge < -0.3 is 14.7 Å². The van der Waals surface area contributed by atoms with Crippen molar-refractivity contribution in [2.45, 2.75) is 19.3 Å². The van der Waals surface area contributed by atoms with E-state index in [1.54, 1.807) is 17.1 Å². The summed E-state index contributed by atoms with van der Waals surface area (Å²) in [7, 11) is 0. The van der Waals surface area contributed by atoms with Crippen LogP contribution in [0.25, 0.3) is 5.69 Å². The van der Waals surface area contributed by atoms with Gasteiger partial charge >= 0.3 is 0 Å². The second kappa shape index (κ2) is 8.87. The minimum atomic E-state index is 0.0302. The average Bonchev–Trinajstić information content (AvgIpc) is 3.38. The van der Waals surface area contributed by atoms with Crippen molar-refractivity contribution in [3.63, 3.8) is 0 Å². The van der Waals surface area contributed by atoms with E-state index in [0.717, 1.165) is 51.1 Å². The Hall–Kier alpha value is -3.61. The molecule has 2 saturated heterocycles. The maximum Gasteiger partial charge on any atom is 0.257 e. The molecule has 2 amide bonds. The van der Waals surface area contributed by atoms with Gasteiger partial charge in [0.2, 0.25) is 5.91 Å². The second-order valence-corrected chi connectivity index (χ2v) is 10.1. The molecule has 1 aliphatic carbocycles. The maximum absolute atomic E-state index is 13.3. The van der Waals surface area contributed by atoms with E-state index in [2.05, 4.69) is 39.2 Å². The molecular weight excluding hydrogens is 438 g/mol. The Morgan fingerprint density at radius 2 is 1.40 bits per heavy atom. The third kappa shape index (κ3) is 4.20. The molecule has 1 aromatic heterocycles. The Morgan fingerprint density at radius 1 is 0.771 bits per heavy atom. The molecule has 3 fully saturated rings. The lowest BCUT2D eigenvalue weighted by atomic mass is 9.90. The Kier molecular flexibility index (Phi) is 5.55. The predicted octanol–water partition coefficient (Wildman–Crippen LogP) is 3.46. The summed E-state index contributed by atoms with van der Waals surface area (Å²) in [6.07, 6.45) is 6.25. The second-order valence-electron chi connectivity index (χ2n) is 10.1. The average molecular weight is 470 g/mol. The fraction of sp³-hybridized carbons (Fsp3) is 0.393. The van der Waals surface area contributed by atoms with Crippen LogP contribution in [0.4, 0.5) is 5.69 Å². The fourth-order valence-electron chi connectivity index (χ4n) is 5.79. The number of likely N-dealkylation sites (tertiary alicyclic amines) is 1. The summed E-state index contributed by atoms with van der Waals surface area (Å²) in [6.45, 7) is 4.76. The number of aromatic nitrogens is 2. The van der Waals surface area contributed by atoms with E-state index in [4.69, 9.17) is 0 Å². The van der Waals surface area contributed by atoms with Crippen molar-refractivity contribution in [2.75, 3.05) is 44.2 Å². The molecule has 6 rings (SSSR count). The summed E-state index contributed by atoms with van der Waals surface area (Å²) < 4.78 is 1.74. The largest absolute Gasteiger partial charge is 0.368 e. The number of para-hydroxylation sites is 2. The third-order valence-corrected chi connectivity index (χ3v) is 8.10. The summed E-state index contributed by atoms with van der Waals surface area (Å²) in [6, 6.07) is 20.2. The number of hydrogen-bond donors (Lipinski definition) is 0. The van der Waals surface area contributed by atoms with Crippen molar-refractivity contribution in [2.24, 2.45) is 11.3 Å². The van der Waals surface area contributed by atoms with E-state index in [9.17, 15) is 9.59 Å². The van der Waals surface area contributed by atoms with Crippen LogP contribution in [0.2, 0.25) is 0 Å². The molecular formula is C28H31N5O2. The number of anilines is 1. The first-order valence-corrected chi connectivity index (χ1v) is 12.6. The SMILES string of the molecule is O=C(c1cnn(-c2ccccc2)c1)N1CCC2(CC1)C[C@@H]2C(=O)N1CCN(c2ccccc2)CC1. The van der Waals surface area contributed by atoms with Crippen molar-refractivity contribution in [3.05, 3.63) is 78.6 Å². The molecule has 0 bridgehead atoms. The minimum absolute atomic E-state index is 0.0302. The Morgan fingerprint density at radius 3 is 2.06 bits per heavy atom. The number of carbonyl (C=O) groups is 2. The summed E-state index contributed by atoms with van der Waals surface area (Å²) >= 11 is 0. The van der Waals surface area contributed by atoms with Gasteiger partial charge in [-0.15, -0.1) is 0 Å². The van der Waals surface area contributed by atoms with Crippen LogP contribution in [-0.2, 0) is 4.79 Å².